The molecule has 1 unspecified atom stereocenters. The zero-order chi connectivity index (χ0) is 10.7. The monoisotopic (exact) mass is 230 g/mol. The van der Waals surface area contributed by atoms with Gasteiger partial charge in [-0.1, -0.05) is 12.2 Å². The van der Waals surface area contributed by atoms with Gasteiger partial charge in [-0.05, 0) is 25.8 Å². The molecule has 0 saturated carbocycles. The lowest BCUT2D eigenvalue weighted by atomic mass is 10.3. The predicted octanol–water partition coefficient (Wildman–Crippen LogP) is 0.330. The third-order valence-electron chi connectivity index (χ3n) is 2.99. The molecular weight excluding hydrogens is 212 g/mol. The minimum absolute atomic E-state index is 0.168. The molecule has 1 atom stereocenters. The summed E-state index contributed by atoms with van der Waals surface area (Å²) in [5.41, 5.74) is 0. The molecule has 2 rings (SSSR count). The summed E-state index contributed by atoms with van der Waals surface area (Å²) in [6, 6.07) is 0.168. The summed E-state index contributed by atoms with van der Waals surface area (Å²) in [5, 5.41) is 3.23. The molecule has 1 N–H and O–H groups in total. The van der Waals surface area contributed by atoms with Crippen LogP contribution in [0.15, 0.2) is 12.2 Å². The van der Waals surface area contributed by atoms with Gasteiger partial charge in [-0.2, -0.15) is 4.31 Å². The van der Waals surface area contributed by atoms with Crippen LogP contribution in [0.5, 0.6) is 0 Å². The van der Waals surface area contributed by atoms with Crippen molar-refractivity contribution in [3.63, 3.8) is 0 Å². The van der Waals surface area contributed by atoms with Crippen molar-refractivity contribution in [1.29, 1.82) is 0 Å². The Morgan fingerprint density at radius 1 is 1.40 bits per heavy atom. The molecule has 0 radical (unpaired) electrons. The summed E-state index contributed by atoms with van der Waals surface area (Å²) in [6.45, 7) is 2.15. The fourth-order valence-electron chi connectivity index (χ4n) is 2.13. The predicted molar refractivity (Wildman–Crippen MR) is 60.1 cm³/mol. The van der Waals surface area contributed by atoms with Gasteiger partial charge in [0.1, 0.15) is 0 Å². The summed E-state index contributed by atoms with van der Waals surface area (Å²) in [5.74, 6) is 0.265. The van der Waals surface area contributed by atoms with E-state index in [2.05, 4.69) is 5.32 Å². The van der Waals surface area contributed by atoms with Gasteiger partial charge < -0.3 is 5.32 Å². The van der Waals surface area contributed by atoms with E-state index in [1.54, 1.807) is 4.31 Å². The second-order valence-corrected chi connectivity index (χ2v) is 6.20. The van der Waals surface area contributed by atoms with Crippen molar-refractivity contribution in [3.8, 4) is 0 Å². The number of hydrogen-bond acceptors (Lipinski definition) is 3. The van der Waals surface area contributed by atoms with Crippen molar-refractivity contribution < 1.29 is 8.42 Å². The third kappa shape index (κ3) is 2.80. The van der Waals surface area contributed by atoms with Gasteiger partial charge in [0.15, 0.2) is 0 Å². The van der Waals surface area contributed by atoms with Gasteiger partial charge in [0.2, 0.25) is 10.0 Å². The Morgan fingerprint density at radius 3 is 2.87 bits per heavy atom. The lowest BCUT2D eigenvalue weighted by molar-refractivity contribution is 0.432. The molecule has 0 amide bonds. The van der Waals surface area contributed by atoms with E-state index in [1.165, 1.54) is 0 Å². The fourth-order valence-corrected chi connectivity index (χ4v) is 3.83. The topological polar surface area (TPSA) is 49.4 Å². The minimum Gasteiger partial charge on any atom is -0.313 e. The van der Waals surface area contributed by atoms with Crippen molar-refractivity contribution in [3.05, 3.63) is 12.2 Å². The average Bonchev–Trinajstić information content (AvgIpc) is 2.71. The number of nitrogens with one attached hydrogen (secondary N) is 1. The van der Waals surface area contributed by atoms with Crippen LogP contribution in [0.25, 0.3) is 0 Å². The molecule has 15 heavy (non-hydrogen) atoms. The van der Waals surface area contributed by atoms with Gasteiger partial charge >= 0.3 is 0 Å². The van der Waals surface area contributed by atoms with Crippen LogP contribution >= 0.6 is 0 Å². The zero-order valence-corrected chi connectivity index (χ0v) is 9.67. The normalized spacial score (nSPS) is 28.4. The van der Waals surface area contributed by atoms with E-state index < -0.39 is 10.0 Å². The lowest BCUT2D eigenvalue weighted by Crippen LogP contribution is -2.41. The Kier molecular flexibility index (Phi) is 3.43. The summed E-state index contributed by atoms with van der Waals surface area (Å²) >= 11 is 0. The van der Waals surface area contributed by atoms with Gasteiger partial charge in [0, 0.05) is 19.1 Å². The minimum atomic E-state index is -3.05. The first-order chi connectivity index (χ1) is 7.18. The number of nitrogens with zero attached hydrogens (tertiary/aromatic N) is 1. The van der Waals surface area contributed by atoms with Crippen molar-refractivity contribution in [2.75, 3.05) is 25.4 Å². The Hall–Kier alpha value is -0.390. The first-order valence-corrected chi connectivity index (χ1v) is 7.15. The highest BCUT2D eigenvalue weighted by Gasteiger charge is 2.27. The molecule has 0 bridgehead atoms. The molecule has 0 spiro atoms. The molecular formula is C10H18N2O2S. The molecule has 0 aliphatic carbocycles. The fraction of sp³-hybridized carbons (Fsp3) is 0.800. The van der Waals surface area contributed by atoms with E-state index >= 15 is 0 Å². The van der Waals surface area contributed by atoms with E-state index in [4.69, 9.17) is 0 Å². The summed E-state index contributed by atoms with van der Waals surface area (Å²) in [4.78, 5) is 0. The van der Waals surface area contributed by atoms with E-state index in [1.807, 2.05) is 12.2 Å². The van der Waals surface area contributed by atoms with Gasteiger partial charge in [0.05, 0.1) is 5.75 Å². The van der Waals surface area contributed by atoms with Crippen molar-refractivity contribution in [1.82, 2.24) is 9.62 Å². The van der Waals surface area contributed by atoms with Crippen molar-refractivity contribution in [2.45, 2.75) is 25.3 Å². The number of rotatable bonds is 3. The third-order valence-corrected chi connectivity index (χ3v) is 4.93. The molecule has 0 aromatic rings. The SMILES string of the molecule is O=S(=O)(CC1CCCN1)N1CC=CCC1. The molecule has 4 nitrogen and oxygen atoms in total. The van der Waals surface area contributed by atoms with Crippen molar-refractivity contribution in [2.24, 2.45) is 0 Å². The van der Waals surface area contributed by atoms with Crippen molar-refractivity contribution >= 4 is 10.0 Å². The molecule has 2 heterocycles. The van der Waals surface area contributed by atoms with Gasteiger partial charge in [0.25, 0.3) is 0 Å². The highest BCUT2D eigenvalue weighted by atomic mass is 32.2. The molecule has 1 fully saturated rings. The van der Waals surface area contributed by atoms with Crippen LogP contribution in [0, 0.1) is 0 Å². The second-order valence-electron chi connectivity index (χ2n) is 4.19. The van der Waals surface area contributed by atoms with Crippen LogP contribution in [0.1, 0.15) is 19.3 Å². The van der Waals surface area contributed by atoms with Crippen LogP contribution in [-0.2, 0) is 10.0 Å². The maximum absolute atomic E-state index is 12.0. The van der Waals surface area contributed by atoms with E-state index in [9.17, 15) is 8.42 Å². The van der Waals surface area contributed by atoms with Crippen LogP contribution < -0.4 is 5.32 Å². The van der Waals surface area contributed by atoms with Crippen LogP contribution in [0.3, 0.4) is 0 Å². The number of sulfonamides is 1. The van der Waals surface area contributed by atoms with E-state index in [0.29, 0.717) is 13.1 Å². The lowest BCUT2D eigenvalue weighted by Gasteiger charge is -2.24. The van der Waals surface area contributed by atoms with E-state index in [-0.39, 0.29) is 11.8 Å². The molecule has 5 heteroatoms. The molecule has 2 aliphatic rings. The Labute approximate surface area is 91.4 Å². The van der Waals surface area contributed by atoms with E-state index in [0.717, 1.165) is 25.8 Å². The molecule has 0 aromatic heterocycles. The summed E-state index contributed by atoms with van der Waals surface area (Å²) in [7, 11) is -3.05. The quantitative estimate of drug-likeness (QED) is 0.711. The largest absolute Gasteiger partial charge is 0.313 e. The standard InChI is InChI=1S/C10H18N2O2S/c13-15(14,9-10-5-4-6-11-10)12-7-2-1-3-8-12/h1-2,10-11H,3-9H2. The Bertz CT molecular complexity index is 331. The molecule has 0 aromatic carbocycles. The second kappa shape index (κ2) is 4.63. The Morgan fingerprint density at radius 2 is 2.27 bits per heavy atom. The first kappa shape index (κ1) is 11.1. The molecule has 86 valence electrons. The smallest absolute Gasteiger partial charge is 0.215 e. The van der Waals surface area contributed by atoms with Gasteiger partial charge in [-0.15, -0.1) is 0 Å². The summed E-state index contributed by atoms with van der Waals surface area (Å²) in [6.07, 6.45) is 6.91. The highest BCUT2D eigenvalue weighted by Crippen LogP contribution is 2.13. The summed E-state index contributed by atoms with van der Waals surface area (Å²) < 4.78 is 25.6. The first-order valence-electron chi connectivity index (χ1n) is 5.55. The molecule has 1 saturated heterocycles. The van der Waals surface area contributed by atoms with Crippen LogP contribution in [0.2, 0.25) is 0 Å². The maximum Gasteiger partial charge on any atom is 0.215 e. The number of hydrogen-bond donors (Lipinski definition) is 1. The van der Waals surface area contributed by atoms with Crippen LogP contribution in [-0.4, -0.2) is 44.2 Å². The van der Waals surface area contributed by atoms with Crippen LogP contribution in [0.4, 0.5) is 0 Å². The van der Waals surface area contributed by atoms with Gasteiger partial charge in [-0.25, -0.2) is 8.42 Å². The highest BCUT2D eigenvalue weighted by molar-refractivity contribution is 7.89. The average molecular weight is 230 g/mol. The zero-order valence-electron chi connectivity index (χ0n) is 8.85. The Balaban J connectivity index is 1.96. The molecule has 2 aliphatic heterocycles. The maximum atomic E-state index is 12.0. The van der Waals surface area contributed by atoms with Gasteiger partial charge in [-0.3, -0.25) is 0 Å².